The number of hydrogen-bond acceptors (Lipinski definition) is 4. The third-order valence-electron chi connectivity index (χ3n) is 2.29. The fraction of sp³-hybridized carbons (Fsp3) is 0.167. The fourth-order valence-corrected chi connectivity index (χ4v) is 1.93. The first-order chi connectivity index (χ1) is 9.04. The van der Waals surface area contributed by atoms with Crippen LogP contribution in [0.2, 0.25) is 10.3 Å². The van der Waals surface area contributed by atoms with E-state index < -0.39 is 0 Å². The topological polar surface area (TPSA) is 67.8 Å². The summed E-state index contributed by atoms with van der Waals surface area (Å²) in [4.78, 5) is 23.8. The summed E-state index contributed by atoms with van der Waals surface area (Å²) in [7, 11) is 0. The van der Waals surface area contributed by atoms with Gasteiger partial charge in [0.1, 0.15) is 16.1 Å². The fourth-order valence-electron chi connectivity index (χ4n) is 1.47. The van der Waals surface area contributed by atoms with Gasteiger partial charge in [0.25, 0.3) is 5.91 Å². The predicted molar refractivity (Wildman–Crippen MR) is 72.2 cm³/mol. The molecule has 1 N–H and O–H groups in total. The number of carbonyl (C=O) groups is 1. The SMILES string of the molecule is Cc1nccc(CNC(=O)c2cc(Cl)nc(Cl)c2)n1. The highest BCUT2D eigenvalue weighted by molar-refractivity contribution is 6.33. The summed E-state index contributed by atoms with van der Waals surface area (Å²) in [6.45, 7) is 2.09. The Kier molecular flexibility index (Phi) is 4.29. The van der Waals surface area contributed by atoms with Crippen LogP contribution >= 0.6 is 23.2 Å². The molecule has 0 bridgehead atoms. The zero-order chi connectivity index (χ0) is 13.8. The summed E-state index contributed by atoms with van der Waals surface area (Å²) in [5.41, 5.74) is 1.09. The maximum atomic E-state index is 11.9. The Hall–Kier alpha value is -1.72. The van der Waals surface area contributed by atoms with Crippen molar-refractivity contribution in [3.05, 3.63) is 51.8 Å². The first-order valence-corrected chi connectivity index (χ1v) is 6.20. The van der Waals surface area contributed by atoms with E-state index in [1.54, 1.807) is 19.2 Å². The van der Waals surface area contributed by atoms with E-state index >= 15 is 0 Å². The van der Waals surface area contributed by atoms with Gasteiger partial charge in [0.2, 0.25) is 0 Å². The van der Waals surface area contributed by atoms with Crippen molar-refractivity contribution in [2.45, 2.75) is 13.5 Å². The molecule has 2 aromatic heterocycles. The van der Waals surface area contributed by atoms with Crippen molar-refractivity contribution >= 4 is 29.1 Å². The molecular weight excluding hydrogens is 287 g/mol. The summed E-state index contributed by atoms with van der Waals surface area (Å²) < 4.78 is 0. The van der Waals surface area contributed by atoms with Crippen molar-refractivity contribution in [2.75, 3.05) is 0 Å². The number of halogens is 2. The lowest BCUT2D eigenvalue weighted by Crippen LogP contribution is -2.23. The number of aromatic nitrogens is 3. The average Bonchev–Trinajstić information content (AvgIpc) is 2.35. The monoisotopic (exact) mass is 296 g/mol. The summed E-state index contributed by atoms with van der Waals surface area (Å²) in [5.74, 6) is 0.365. The number of hydrogen-bond donors (Lipinski definition) is 1. The number of amides is 1. The van der Waals surface area contributed by atoms with Gasteiger partial charge in [-0.2, -0.15) is 0 Å². The summed E-state index contributed by atoms with van der Waals surface area (Å²) in [6.07, 6.45) is 1.64. The van der Waals surface area contributed by atoms with E-state index in [9.17, 15) is 4.79 Å². The van der Waals surface area contributed by atoms with Crippen LogP contribution in [0.5, 0.6) is 0 Å². The van der Waals surface area contributed by atoms with Crippen LogP contribution in [-0.2, 0) is 6.54 Å². The molecule has 0 fully saturated rings. The van der Waals surface area contributed by atoms with E-state index in [0.29, 0.717) is 17.9 Å². The Labute approximate surface area is 120 Å². The lowest BCUT2D eigenvalue weighted by Gasteiger charge is -2.05. The third-order valence-corrected chi connectivity index (χ3v) is 2.68. The van der Waals surface area contributed by atoms with Gasteiger partial charge in [0.15, 0.2) is 0 Å². The van der Waals surface area contributed by atoms with E-state index in [1.165, 1.54) is 12.1 Å². The maximum Gasteiger partial charge on any atom is 0.251 e. The lowest BCUT2D eigenvalue weighted by molar-refractivity contribution is 0.0950. The van der Waals surface area contributed by atoms with Gasteiger partial charge in [-0.25, -0.2) is 15.0 Å². The second kappa shape index (κ2) is 5.95. The molecule has 1 amide bonds. The van der Waals surface area contributed by atoms with Crippen molar-refractivity contribution in [1.29, 1.82) is 0 Å². The minimum absolute atomic E-state index is 0.176. The second-order valence-electron chi connectivity index (χ2n) is 3.78. The van der Waals surface area contributed by atoms with Crippen molar-refractivity contribution in [1.82, 2.24) is 20.3 Å². The highest BCUT2D eigenvalue weighted by atomic mass is 35.5. The van der Waals surface area contributed by atoms with Crippen LogP contribution in [0.15, 0.2) is 24.4 Å². The zero-order valence-electron chi connectivity index (χ0n) is 10.0. The maximum absolute atomic E-state index is 11.9. The third kappa shape index (κ3) is 3.87. The smallest absolute Gasteiger partial charge is 0.251 e. The molecule has 19 heavy (non-hydrogen) atoms. The number of nitrogens with one attached hydrogen (secondary N) is 1. The first kappa shape index (κ1) is 13.7. The molecule has 2 aromatic rings. The van der Waals surface area contributed by atoms with Crippen LogP contribution in [-0.4, -0.2) is 20.9 Å². The molecule has 0 atom stereocenters. The number of carbonyl (C=O) groups excluding carboxylic acids is 1. The van der Waals surface area contributed by atoms with Crippen LogP contribution in [0.4, 0.5) is 0 Å². The van der Waals surface area contributed by atoms with E-state index in [4.69, 9.17) is 23.2 Å². The van der Waals surface area contributed by atoms with Gasteiger partial charge in [-0.05, 0) is 25.1 Å². The van der Waals surface area contributed by atoms with Gasteiger partial charge in [-0.3, -0.25) is 4.79 Å². The Bertz CT molecular complexity index is 598. The summed E-state index contributed by atoms with van der Waals surface area (Å²) in [6, 6.07) is 4.64. The van der Waals surface area contributed by atoms with Crippen LogP contribution in [0.3, 0.4) is 0 Å². The Morgan fingerprint density at radius 3 is 2.58 bits per heavy atom. The molecule has 0 aliphatic heterocycles. The first-order valence-electron chi connectivity index (χ1n) is 5.44. The van der Waals surface area contributed by atoms with Crippen molar-refractivity contribution in [3.63, 3.8) is 0 Å². The van der Waals surface area contributed by atoms with E-state index in [1.807, 2.05) is 0 Å². The molecule has 0 radical (unpaired) electrons. The highest BCUT2D eigenvalue weighted by Crippen LogP contribution is 2.14. The van der Waals surface area contributed by atoms with Crippen LogP contribution in [0.1, 0.15) is 21.9 Å². The van der Waals surface area contributed by atoms with Crippen molar-refractivity contribution in [3.8, 4) is 0 Å². The van der Waals surface area contributed by atoms with E-state index in [-0.39, 0.29) is 16.2 Å². The summed E-state index contributed by atoms with van der Waals surface area (Å²) in [5, 5.41) is 3.08. The van der Waals surface area contributed by atoms with Crippen LogP contribution < -0.4 is 5.32 Å². The molecule has 0 saturated heterocycles. The van der Waals surface area contributed by atoms with Gasteiger partial charge < -0.3 is 5.32 Å². The lowest BCUT2D eigenvalue weighted by atomic mass is 10.2. The number of rotatable bonds is 3. The molecule has 2 rings (SSSR count). The van der Waals surface area contributed by atoms with Gasteiger partial charge in [0.05, 0.1) is 12.2 Å². The number of aryl methyl sites for hydroxylation is 1. The highest BCUT2D eigenvalue weighted by Gasteiger charge is 2.08. The van der Waals surface area contributed by atoms with Crippen LogP contribution in [0, 0.1) is 6.92 Å². The Morgan fingerprint density at radius 2 is 1.95 bits per heavy atom. The van der Waals surface area contributed by atoms with Gasteiger partial charge in [-0.15, -0.1) is 0 Å². The summed E-state index contributed by atoms with van der Waals surface area (Å²) >= 11 is 11.5. The zero-order valence-corrected chi connectivity index (χ0v) is 11.5. The average molecular weight is 297 g/mol. The minimum atomic E-state index is -0.289. The quantitative estimate of drug-likeness (QED) is 0.883. The molecule has 98 valence electrons. The Balaban J connectivity index is 2.05. The minimum Gasteiger partial charge on any atom is -0.346 e. The van der Waals surface area contributed by atoms with E-state index in [0.717, 1.165) is 5.69 Å². The standard InChI is InChI=1S/C12H10Cl2N4O/c1-7-15-3-2-9(17-7)6-16-12(19)8-4-10(13)18-11(14)5-8/h2-5H,6H2,1H3,(H,16,19). The van der Waals surface area contributed by atoms with Gasteiger partial charge >= 0.3 is 0 Å². The normalized spacial score (nSPS) is 10.3. The van der Waals surface area contributed by atoms with Gasteiger partial charge in [-0.1, -0.05) is 23.2 Å². The van der Waals surface area contributed by atoms with Crippen molar-refractivity contribution < 1.29 is 4.79 Å². The van der Waals surface area contributed by atoms with Crippen LogP contribution in [0.25, 0.3) is 0 Å². The molecule has 2 heterocycles. The van der Waals surface area contributed by atoms with E-state index in [2.05, 4.69) is 20.3 Å². The van der Waals surface area contributed by atoms with Crippen molar-refractivity contribution in [2.24, 2.45) is 0 Å². The predicted octanol–water partition coefficient (Wildman–Crippen LogP) is 2.42. The molecule has 7 heteroatoms. The molecule has 0 aromatic carbocycles. The van der Waals surface area contributed by atoms with Gasteiger partial charge in [0, 0.05) is 11.8 Å². The number of nitrogens with zero attached hydrogens (tertiary/aromatic N) is 3. The molecule has 0 unspecified atom stereocenters. The second-order valence-corrected chi connectivity index (χ2v) is 4.55. The molecule has 5 nitrogen and oxygen atoms in total. The Morgan fingerprint density at radius 1 is 1.26 bits per heavy atom. The molecule has 0 aliphatic rings. The molecule has 0 spiro atoms. The molecular formula is C12H10Cl2N4O. The molecule has 0 saturated carbocycles. The molecule has 0 aliphatic carbocycles. The number of pyridine rings is 1. The largest absolute Gasteiger partial charge is 0.346 e.